The lowest BCUT2D eigenvalue weighted by molar-refractivity contribution is 0.0875. The summed E-state index contributed by atoms with van der Waals surface area (Å²) in [6.07, 6.45) is 0.968. The Balaban J connectivity index is 2.53. The van der Waals surface area contributed by atoms with E-state index in [1.165, 1.54) is 4.88 Å². The van der Waals surface area contributed by atoms with Gasteiger partial charge >= 0.3 is 0 Å². The Hall–Kier alpha value is -0.910. The first-order valence-electron chi connectivity index (χ1n) is 6.77. The largest absolute Gasteiger partial charge is 0.389 e. The van der Waals surface area contributed by atoms with Crippen LogP contribution in [0.15, 0.2) is 6.07 Å². The molecule has 20 heavy (non-hydrogen) atoms. The van der Waals surface area contributed by atoms with E-state index >= 15 is 0 Å². The Kier molecular flexibility index (Phi) is 4.52. The first-order valence-corrected chi connectivity index (χ1v) is 7.96. The molecule has 0 saturated heterocycles. The van der Waals surface area contributed by atoms with E-state index in [-0.39, 0.29) is 5.28 Å². The van der Waals surface area contributed by atoms with E-state index < -0.39 is 5.60 Å². The second-order valence-electron chi connectivity index (χ2n) is 5.43. The number of thiophene rings is 1. The SMILES string of the molecule is CCc1cc2c(N(CC)CC(C)(C)O)nc(Cl)nc2s1. The van der Waals surface area contributed by atoms with Crippen molar-refractivity contribution in [1.82, 2.24) is 9.97 Å². The molecule has 2 aromatic rings. The normalized spacial score (nSPS) is 12.1. The third-order valence-corrected chi connectivity index (χ3v) is 4.35. The van der Waals surface area contributed by atoms with Gasteiger partial charge in [-0.25, -0.2) is 4.98 Å². The maximum absolute atomic E-state index is 10.1. The van der Waals surface area contributed by atoms with Gasteiger partial charge in [0.05, 0.1) is 11.0 Å². The summed E-state index contributed by atoms with van der Waals surface area (Å²) in [5.41, 5.74) is -0.788. The number of aliphatic hydroxyl groups is 1. The molecular weight excluding hydrogens is 294 g/mol. The quantitative estimate of drug-likeness (QED) is 0.858. The Labute approximate surface area is 128 Å². The van der Waals surface area contributed by atoms with Crippen LogP contribution in [0, 0.1) is 0 Å². The van der Waals surface area contributed by atoms with Gasteiger partial charge in [0.25, 0.3) is 0 Å². The number of rotatable bonds is 5. The number of nitrogens with zero attached hydrogens (tertiary/aromatic N) is 3. The molecule has 110 valence electrons. The van der Waals surface area contributed by atoms with Crippen LogP contribution >= 0.6 is 22.9 Å². The third kappa shape index (κ3) is 3.40. The molecule has 0 amide bonds. The zero-order valence-electron chi connectivity index (χ0n) is 12.3. The van der Waals surface area contributed by atoms with E-state index in [1.807, 2.05) is 11.8 Å². The summed E-state index contributed by atoms with van der Waals surface area (Å²) in [5.74, 6) is 0.806. The molecule has 0 aliphatic carbocycles. The highest BCUT2D eigenvalue weighted by Crippen LogP contribution is 2.32. The van der Waals surface area contributed by atoms with Crippen molar-refractivity contribution in [1.29, 1.82) is 0 Å². The summed E-state index contributed by atoms with van der Waals surface area (Å²) in [6.45, 7) is 9.00. The van der Waals surface area contributed by atoms with Crippen LogP contribution in [0.3, 0.4) is 0 Å². The van der Waals surface area contributed by atoms with Crippen LogP contribution in [0.2, 0.25) is 5.28 Å². The van der Waals surface area contributed by atoms with Gasteiger partial charge in [0.1, 0.15) is 10.6 Å². The Bertz CT molecular complexity index is 606. The van der Waals surface area contributed by atoms with Crippen LogP contribution in [0.4, 0.5) is 5.82 Å². The van der Waals surface area contributed by atoms with Crippen LogP contribution < -0.4 is 4.90 Å². The molecule has 2 heterocycles. The summed E-state index contributed by atoms with van der Waals surface area (Å²) in [7, 11) is 0. The fourth-order valence-corrected chi connectivity index (χ4v) is 3.33. The number of hydrogen-bond acceptors (Lipinski definition) is 5. The predicted molar refractivity (Wildman–Crippen MR) is 86.0 cm³/mol. The molecular formula is C14H20ClN3OS. The van der Waals surface area contributed by atoms with Crippen molar-refractivity contribution < 1.29 is 5.11 Å². The number of aromatic nitrogens is 2. The molecule has 0 aliphatic heterocycles. The minimum absolute atomic E-state index is 0.256. The van der Waals surface area contributed by atoms with Crippen molar-refractivity contribution in [3.05, 3.63) is 16.2 Å². The molecule has 0 saturated carbocycles. The average molecular weight is 314 g/mol. The van der Waals surface area contributed by atoms with Gasteiger partial charge in [0.2, 0.25) is 5.28 Å². The van der Waals surface area contributed by atoms with Crippen molar-refractivity contribution in [3.8, 4) is 0 Å². The van der Waals surface area contributed by atoms with Crippen LogP contribution in [0.1, 0.15) is 32.6 Å². The Morgan fingerprint density at radius 1 is 1.35 bits per heavy atom. The van der Waals surface area contributed by atoms with Gasteiger partial charge in [-0.3, -0.25) is 0 Å². The van der Waals surface area contributed by atoms with E-state index in [1.54, 1.807) is 25.2 Å². The fourth-order valence-electron chi connectivity index (χ4n) is 2.15. The van der Waals surface area contributed by atoms with Gasteiger partial charge in [0, 0.05) is 18.0 Å². The maximum atomic E-state index is 10.1. The summed E-state index contributed by atoms with van der Waals surface area (Å²) in [4.78, 5) is 12.9. The van der Waals surface area contributed by atoms with Crippen molar-refractivity contribution in [2.75, 3.05) is 18.0 Å². The van der Waals surface area contributed by atoms with Crippen molar-refractivity contribution in [2.45, 2.75) is 39.7 Å². The number of hydrogen-bond donors (Lipinski definition) is 1. The Morgan fingerprint density at radius 2 is 2.05 bits per heavy atom. The summed E-state index contributed by atoms with van der Waals surface area (Å²) in [5, 5.41) is 11.3. The zero-order valence-corrected chi connectivity index (χ0v) is 13.8. The first kappa shape index (κ1) is 15.5. The van der Waals surface area contributed by atoms with E-state index in [0.29, 0.717) is 6.54 Å². The van der Waals surface area contributed by atoms with Gasteiger partial charge in [0.15, 0.2) is 0 Å². The maximum Gasteiger partial charge on any atom is 0.225 e. The lowest BCUT2D eigenvalue weighted by atomic mass is 10.1. The number of anilines is 1. The van der Waals surface area contributed by atoms with Gasteiger partial charge in [-0.2, -0.15) is 4.98 Å². The second kappa shape index (κ2) is 5.84. The van der Waals surface area contributed by atoms with E-state index in [2.05, 4.69) is 23.0 Å². The minimum atomic E-state index is -0.788. The van der Waals surface area contributed by atoms with Crippen LogP contribution in [-0.2, 0) is 6.42 Å². The topological polar surface area (TPSA) is 49.2 Å². The van der Waals surface area contributed by atoms with Crippen molar-refractivity contribution in [3.63, 3.8) is 0 Å². The lowest BCUT2D eigenvalue weighted by Gasteiger charge is -2.29. The molecule has 6 heteroatoms. The molecule has 0 unspecified atom stereocenters. The molecule has 2 rings (SSSR count). The lowest BCUT2D eigenvalue weighted by Crippen LogP contribution is -2.39. The smallest absolute Gasteiger partial charge is 0.225 e. The van der Waals surface area contributed by atoms with Gasteiger partial charge in [-0.05, 0) is 44.9 Å². The van der Waals surface area contributed by atoms with Crippen LogP contribution in [0.25, 0.3) is 10.2 Å². The highest BCUT2D eigenvalue weighted by atomic mass is 35.5. The predicted octanol–water partition coefficient (Wildman–Crippen LogP) is 3.50. The summed E-state index contributed by atoms with van der Waals surface area (Å²) in [6, 6.07) is 2.12. The molecule has 2 aromatic heterocycles. The molecule has 0 fully saturated rings. The van der Waals surface area contributed by atoms with E-state index in [0.717, 1.165) is 29.0 Å². The molecule has 0 atom stereocenters. The van der Waals surface area contributed by atoms with Crippen LogP contribution in [0.5, 0.6) is 0 Å². The average Bonchev–Trinajstić information content (AvgIpc) is 2.76. The number of fused-ring (bicyclic) bond motifs is 1. The van der Waals surface area contributed by atoms with Crippen molar-refractivity contribution in [2.24, 2.45) is 0 Å². The molecule has 1 N–H and O–H groups in total. The number of likely N-dealkylation sites (N-methyl/N-ethyl adjacent to an activating group) is 1. The Morgan fingerprint density at radius 3 is 2.60 bits per heavy atom. The highest BCUT2D eigenvalue weighted by Gasteiger charge is 2.21. The van der Waals surface area contributed by atoms with Gasteiger partial charge in [-0.15, -0.1) is 11.3 Å². The summed E-state index contributed by atoms with van der Waals surface area (Å²) < 4.78 is 0. The number of aryl methyl sites for hydroxylation is 1. The van der Waals surface area contributed by atoms with E-state index in [4.69, 9.17) is 11.6 Å². The van der Waals surface area contributed by atoms with E-state index in [9.17, 15) is 5.11 Å². The highest BCUT2D eigenvalue weighted by molar-refractivity contribution is 7.18. The second-order valence-corrected chi connectivity index (χ2v) is 6.88. The monoisotopic (exact) mass is 313 g/mol. The minimum Gasteiger partial charge on any atom is -0.389 e. The van der Waals surface area contributed by atoms with Crippen molar-refractivity contribution >= 4 is 39.0 Å². The van der Waals surface area contributed by atoms with Crippen LogP contribution in [-0.4, -0.2) is 33.8 Å². The van der Waals surface area contributed by atoms with Gasteiger partial charge in [-0.1, -0.05) is 6.92 Å². The van der Waals surface area contributed by atoms with Gasteiger partial charge < -0.3 is 10.0 Å². The zero-order chi connectivity index (χ0) is 14.9. The third-order valence-electron chi connectivity index (χ3n) is 3.00. The molecule has 0 bridgehead atoms. The standard InChI is InChI=1S/C14H20ClN3OS/c1-5-9-7-10-11(16-13(15)17-12(10)20-9)18(6-2)8-14(3,4)19/h7,19H,5-6,8H2,1-4H3. The molecule has 0 aliphatic rings. The first-order chi connectivity index (χ1) is 9.34. The summed E-state index contributed by atoms with van der Waals surface area (Å²) >= 11 is 7.69. The molecule has 0 radical (unpaired) electrons. The number of halogens is 1. The molecule has 0 spiro atoms. The molecule has 0 aromatic carbocycles. The fraction of sp³-hybridized carbons (Fsp3) is 0.571. The molecule has 4 nitrogen and oxygen atoms in total.